The monoisotopic (exact) mass is 352 g/mol. The molecule has 21 heavy (non-hydrogen) atoms. The quantitative estimate of drug-likeness (QED) is 0.726. The molecule has 0 aromatic carbocycles. The molecule has 0 aromatic rings. The van der Waals surface area contributed by atoms with Crippen molar-refractivity contribution in [3.63, 3.8) is 0 Å². The van der Waals surface area contributed by atoms with Crippen LogP contribution in [0.5, 0.6) is 0 Å². The van der Waals surface area contributed by atoms with Crippen LogP contribution in [-0.2, 0) is 23.3 Å². The van der Waals surface area contributed by atoms with E-state index in [-0.39, 0.29) is 36.3 Å². The fourth-order valence-corrected chi connectivity index (χ4v) is 6.36. The third kappa shape index (κ3) is 4.83. The third-order valence-corrected chi connectivity index (χ3v) is 8.00. The lowest BCUT2D eigenvalue weighted by Crippen LogP contribution is -2.38. The van der Waals surface area contributed by atoms with Crippen LogP contribution < -0.4 is 0 Å². The minimum atomic E-state index is -5.72. The molecule has 0 spiro atoms. The second-order valence-electron chi connectivity index (χ2n) is 5.77. The average Bonchev–Trinajstić information content (AvgIpc) is 2.26. The predicted octanol–water partition coefficient (Wildman–Crippen LogP) is 2.22. The lowest BCUT2D eigenvalue weighted by atomic mass is 9.92. The maximum absolute atomic E-state index is 12.5. The van der Waals surface area contributed by atoms with Crippen LogP contribution in [0, 0.1) is 5.41 Å². The van der Waals surface area contributed by atoms with Crippen molar-refractivity contribution in [2.75, 3.05) is 30.5 Å². The van der Waals surface area contributed by atoms with Crippen LogP contribution in [0.25, 0.3) is 0 Å². The number of carbonyl (C=O) groups excluding carboxylic acids is 1. The van der Waals surface area contributed by atoms with Gasteiger partial charge in [-0.2, -0.15) is 21.6 Å². The van der Waals surface area contributed by atoms with Crippen molar-refractivity contribution < 1.29 is 34.7 Å². The van der Waals surface area contributed by atoms with E-state index in [0.717, 1.165) is 0 Å². The van der Waals surface area contributed by atoms with Gasteiger partial charge in [0.2, 0.25) is 0 Å². The van der Waals surface area contributed by atoms with Gasteiger partial charge in [-0.3, -0.25) is 4.79 Å². The summed E-state index contributed by atoms with van der Waals surface area (Å²) in [5, 5.41) is 0. The summed E-state index contributed by atoms with van der Waals surface area (Å²) in [6, 6.07) is 0. The van der Waals surface area contributed by atoms with Gasteiger partial charge >= 0.3 is 15.6 Å². The SMILES string of the molecule is CC(C)(C)C(=O)CS1(OS(=O)(=O)C(F)(F)F)CCOCC1. The van der Waals surface area contributed by atoms with Crippen molar-refractivity contribution in [2.24, 2.45) is 5.41 Å². The van der Waals surface area contributed by atoms with E-state index in [1.807, 2.05) is 0 Å². The lowest BCUT2D eigenvalue weighted by Gasteiger charge is -2.41. The van der Waals surface area contributed by atoms with Crippen LogP contribution in [0.1, 0.15) is 20.8 Å². The average molecular weight is 352 g/mol. The number of hydrogen-bond acceptors (Lipinski definition) is 5. The lowest BCUT2D eigenvalue weighted by molar-refractivity contribution is -0.123. The van der Waals surface area contributed by atoms with Crippen molar-refractivity contribution in [3.8, 4) is 0 Å². The van der Waals surface area contributed by atoms with E-state index < -0.39 is 31.4 Å². The molecule has 0 amide bonds. The normalized spacial score (nSPS) is 21.8. The van der Waals surface area contributed by atoms with Crippen molar-refractivity contribution in [1.82, 2.24) is 0 Å². The number of ether oxygens (including phenoxy) is 1. The van der Waals surface area contributed by atoms with Crippen LogP contribution in [0.4, 0.5) is 13.2 Å². The first-order valence-corrected chi connectivity index (χ1v) is 9.66. The molecular formula is C11H19F3O5S2. The molecule has 0 aromatic heterocycles. The maximum atomic E-state index is 12.5. The Hall–Kier alpha value is -0.320. The van der Waals surface area contributed by atoms with Crippen molar-refractivity contribution in [1.29, 1.82) is 0 Å². The summed E-state index contributed by atoms with van der Waals surface area (Å²) >= 11 is 0. The van der Waals surface area contributed by atoms with Crippen LogP contribution in [0.3, 0.4) is 0 Å². The van der Waals surface area contributed by atoms with Crippen LogP contribution in [0.2, 0.25) is 0 Å². The Bertz CT molecular complexity index is 487. The summed E-state index contributed by atoms with van der Waals surface area (Å²) in [5.41, 5.74) is -6.26. The summed E-state index contributed by atoms with van der Waals surface area (Å²) < 4.78 is 69.7. The van der Waals surface area contributed by atoms with Gasteiger partial charge in [-0.1, -0.05) is 20.8 Å². The Kier molecular flexibility index (Phi) is 5.40. The summed E-state index contributed by atoms with van der Waals surface area (Å²) in [5.74, 6) is -0.625. The first kappa shape index (κ1) is 18.7. The Balaban J connectivity index is 3.03. The minimum absolute atomic E-state index is 0.00410. The zero-order valence-corrected chi connectivity index (χ0v) is 13.7. The van der Waals surface area contributed by atoms with Gasteiger partial charge < -0.3 is 4.74 Å². The van der Waals surface area contributed by atoms with Gasteiger partial charge in [0.05, 0.1) is 19.0 Å². The van der Waals surface area contributed by atoms with E-state index in [4.69, 9.17) is 4.74 Å². The van der Waals surface area contributed by atoms with Gasteiger partial charge in [-0.15, -0.1) is 10.3 Å². The van der Waals surface area contributed by atoms with Gasteiger partial charge in [-0.25, -0.2) is 3.63 Å². The number of Topliss-reactive ketones (excluding diaryl/α,β-unsaturated/α-hetero) is 1. The molecule has 1 rings (SSSR count). The Morgan fingerprint density at radius 2 is 1.67 bits per heavy atom. The fraction of sp³-hybridized carbons (Fsp3) is 0.909. The first-order valence-electron chi connectivity index (χ1n) is 6.19. The second kappa shape index (κ2) is 6.05. The number of alkyl halides is 3. The van der Waals surface area contributed by atoms with Crippen molar-refractivity contribution >= 4 is 26.2 Å². The van der Waals surface area contributed by atoms with Crippen LogP contribution in [-0.4, -0.2) is 50.2 Å². The highest BCUT2D eigenvalue weighted by molar-refractivity contribution is 8.33. The van der Waals surface area contributed by atoms with Gasteiger partial charge in [-0.05, 0) is 0 Å². The van der Waals surface area contributed by atoms with E-state index >= 15 is 0 Å². The summed E-state index contributed by atoms with van der Waals surface area (Å²) in [6.07, 6.45) is 0. The van der Waals surface area contributed by atoms with Gasteiger partial charge in [0, 0.05) is 16.9 Å². The van der Waals surface area contributed by atoms with Crippen molar-refractivity contribution in [2.45, 2.75) is 26.3 Å². The second-order valence-corrected chi connectivity index (χ2v) is 10.7. The van der Waals surface area contributed by atoms with Crippen LogP contribution >= 0.6 is 10.3 Å². The number of hydrogen-bond donors (Lipinski definition) is 0. The molecule has 10 heteroatoms. The van der Waals surface area contributed by atoms with E-state index in [1.165, 1.54) is 0 Å². The molecule has 1 fully saturated rings. The number of rotatable bonds is 4. The molecule has 0 atom stereocenters. The first-order chi connectivity index (χ1) is 9.29. The third-order valence-electron chi connectivity index (χ3n) is 2.95. The van der Waals surface area contributed by atoms with Gasteiger partial charge in [0.25, 0.3) is 0 Å². The highest BCUT2D eigenvalue weighted by atomic mass is 32.3. The van der Waals surface area contributed by atoms with Gasteiger partial charge in [0.1, 0.15) is 5.78 Å². The van der Waals surface area contributed by atoms with E-state index in [0.29, 0.717) is 0 Å². The molecular weight excluding hydrogens is 333 g/mol. The highest BCUT2D eigenvalue weighted by Crippen LogP contribution is 2.54. The standard InChI is InChI=1S/C11H19F3O5S2/c1-10(2,3)9(15)8-20(6-4-18-5-7-20)19-21(16,17)11(12,13)14/h4-8H2,1-3H3. The zero-order valence-electron chi connectivity index (χ0n) is 12.0. The van der Waals surface area contributed by atoms with E-state index in [2.05, 4.69) is 3.63 Å². The molecule has 0 bridgehead atoms. The maximum Gasteiger partial charge on any atom is 0.523 e. The zero-order chi connectivity index (χ0) is 16.5. The molecule has 126 valence electrons. The van der Waals surface area contributed by atoms with Crippen molar-refractivity contribution in [3.05, 3.63) is 0 Å². The summed E-state index contributed by atoms with van der Waals surface area (Å²) in [7, 11) is -8.42. The number of carbonyl (C=O) groups is 1. The van der Waals surface area contributed by atoms with Gasteiger partial charge in [0.15, 0.2) is 0 Å². The van der Waals surface area contributed by atoms with E-state index in [9.17, 15) is 26.4 Å². The number of halogens is 3. The summed E-state index contributed by atoms with van der Waals surface area (Å²) in [6.45, 7) is 5.04. The Morgan fingerprint density at radius 1 is 1.19 bits per heavy atom. The Morgan fingerprint density at radius 3 is 2.05 bits per heavy atom. The minimum Gasteiger partial charge on any atom is -0.380 e. The molecule has 0 unspecified atom stereocenters. The van der Waals surface area contributed by atoms with Crippen LogP contribution in [0.15, 0.2) is 0 Å². The molecule has 0 N–H and O–H groups in total. The predicted molar refractivity (Wildman–Crippen MR) is 73.5 cm³/mol. The molecule has 1 heterocycles. The fourth-order valence-electron chi connectivity index (χ4n) is 1.55. The topological polar surface area (TPSA) is 69.7 Å². The molecule has 1 aliphatic heterocycles. The smallest absolute Gasteiger partial charge is 0.380 e. The molecule has 0 aliphatic carbocycles. The highest BCUT2D eigenvalue weighted by Gasteiger charge is 2.51. The van der Waals surface area contributed by atoms with E-state index in [1.54, 1.807) is 20.8 Å². The Labute approximate surface area is 123 Å². The molecule has 5 nitrogen and oxygen atoms in total. The molecule has 0 saturated carbocycles. The largest absolute Gasteiger partial charge is 0.523 e. The summed E-state index contributed by atoms with van der Waals surface area (Å²) in [4.78, 5) is 12.1. The molecule has 1 saturated heterocycles. The molecule has 1 aliphatic rings. The molecule has 0 radical (unpaired) electrons. The number of ketones is 1.